The molecule has 0 unspecified atom stereocenters. The summed E-state index contributed by atoms with van der Waals surface area (Å²) in [5, 5.41) is 11.1. The van der Waals surface area contributed by atoms with Crippen molar-refractivity contribution in [2.24, 2.45) is 0 Å². The Labute approximate surface area is 115 Å². The Morgan fingerprint density at radius 1 is 1.00 bits per heavy atom. The van der Waals surface area contributed by atoms with Crippen LogP contribution in [-0.4, -0.2) is 11.1 Å². The fraction of sp³-hybridized carbons (Fsp3) is 0. The number of aromatic nitrogens is 1. The van der Waals surface area contributed by atoms with E-state index in [4.69, 9.17) is 9.94 Å². The molecule has 3 rings (SSSR count). The van der Waals surface area contributed by atoms with Crippen molar-refractivity contribution in [2.75, 3.05) is 0 Å². The van der Waals surface area contributed by atoms with E-state index in [1.807, 2.05) is 36.5 Å². The summed E-state index contributed by atoms with van der Waals surface area (Å²) in [6, 6.07) is 16.3. The normalized spacial score (nSPS) is 10.4. The molecule has 1 heterocycles. The third kappa shape index (κ3) is 2.44. The predicted molar refractivity (Wildman–Crippen MR) is 73.6 cm³/mol. The van der Waals surface area contributed by atoms with E-state index in [0.29, 0.717) is 5.75 Å². The lowest BCUT2D eigenvalue weighted by atomic mass is 10.2. The summed E-state index contributed by atoms with van der Waals surface area (Å²) in [5.41, 5.74) is 0.198. The van der Waals surface area contributed by atoms with E-state index in [1.165, 1.54) is 12.1 Å². The van der Waals surface area contributed by atoms with Gasteiger partial charge in [0, 0.05) is 16.9 Å². The Morgan fingerprint density at radius 3 is 2.60 bits per heavy atom. The summed E-state index contributed by atoms with van der Waals surface area (Å²) in [4.78, 5) is 16.5. The second kappa shape index (κ2) is 5.01. The monoisotopic (exact) mass is 266 g/mol. The number of carboxylic acids is 1. The first-order valence-corrected chi connectivity index (χ1v) is 6.14. The maximum absolute atomic E-state index is 10.9. The van der Waals surface area contributed by atoms with Crippen molar-refractivity contribution in [3.05, 3.63) is 72.6 Å². The van der Waals surface area contributed by atoms with Crippen molar-refractivity contribution < 1.29 is 19.5 Å². The molecule has 0 atom stereocenters. The van der Waals surface area contributed by atoms with Gasteiger partial charge in [0.05, 0.1) is 10.9 Å². The average molecular weight is 266 g/mol. The molecule has 1 aromatic heterocycles. The van der Waals surface area contributed by atoms with Gasteiger partial charge in [0.2, 0.25) is 18.1 Å². The second-order valence-electron chi connectivity index (χ2n) is 4.36. The minimum Gasteiger partial charge on any atom is -0.478 e. The molecule has 98 valence electrons. The van der Waals surface area contributed by atoms with Crippen LogP contribution in [0.3, 0.4) is 0 Å². The number of pyridine rings is 1. The second-order valence-corrected chi connectivity index (χ2v) is 4.36. The lowest BCUT2D eigenvalue weighted by molar-refractivity contribution is -0.874. The van der Waals surface area contributed by atoms with Gasteiger partial charge in [0.1, 0.15) is 0 Å². The highest BCUT2D eigenvalue weighted by molar-refractivity contribution is 5.88. The van der Waals surface area contributed by atoms with Crippen molar-refractivity contribution in [1.29, 1.82) is 0 Å². The molecular weight excluding hydrogens is 254 g/mol. The van der Waals surface area contributed by atoms with Gasteiger partial charge in [-0.15, -0.1) is 0 Å². The zero-order valence-electron chi connectivity index (χ0n) is 10.6. The molecule has 2 aromatic carbocycles. The summed E-state index contributed by atoms with van der Waals surface area (Å²) in [6.07, 6.45) is 3.64. The van der Waals surface area contributed by atoms with Crippen LogP contribution >= 0.6 is 0 Å². The standard InChI is InChI=1S/C16H11NO3/c18-16(19)13-6-3-7-15(10-13)20-17-9-8-12-4-1-2-5-14(12)11-17/h1-11H/p+1. The number of hydrogen-bond acceptors (Lipinski definition) is 2. The molecule has 0 amide bonds. The largest absolute Gasteiger partial charge is 0.478 e. The number of aromatic carboxylic acids is 1. The van der Waals surface area contributed by atoms with E-state index in [2.05, 4.69) is 0 Å². The van der Waals surface area contributed by atoms with Crippen LogP contribution in [0.25, 0.3) is 10.8 Å². The first-order valence-electron chi connectivity index (χ1n) is 6.14. The molecule has 4 nitrogen and oxygen atoms in total. The Morgan fingerprint density at radius 2 is 1.80 bits per heavy atom. The maximum atomic E-state index is 10.9. The highest BCUT2D eigenvalue weighted by Crippen LogP contribution is 2.13. The molecule has 0 aliphatic heterocycles. The van der Waals surface area contributed by atoms with Gasteiger partial charge in [-0.25, -0.2) is 9.63 Å². The molecule has 3 aromatic rings. The first kappa shape index (κ1) is 12.2. The van der Waals surface area contributed by atoms with E-state index >= 15 is 0 Å². The molecule has 20 heavy (non-hydrogen) atoms. The summed E-state index contributed by atoms with van der Waals surface area (Å²) >= 11 is 0. The van der Waals surface area contributed by atoms with Crippen LogP contribution in [0.15, 0.2) is 67.0 Å². The average Bonchev–Trinajstić information content (AvgIpc) is 2.47. The number of carbonyl (C=O) groups is 1. The van der Waals surface area contributed by atoms with Crippen LogP contribution in [0.4, 0.5) is 0 Å². The van der Waals surface area contributed by atoms with E-state index < -0.39 is 5.97 Å². The highest BCUT2D eigenvalue weighted by Gasteiger charge is 2.09. The highest BCUT2D eigenvalue weighted by atomic mass is 16.7. The number of rotatable bonds is 3. The van der Waals surface area contributed by atoms with E-state index in [9.17, 15) is 4.79 Å². The van der Waals surface area contributed by atoms with Gasteiger partial charge < -0.3 is 5.11 Å². The predicted octanol–water partition coefficient (Wildman–Crippen LogP) is 2.67. The maximum Gasteiger partial charge on any atom is 0.335 e. The molecule has 0 saturated carbocycles. The van der Waals surface area contributed by atoms with Gasteiger partial charge >= 0.3 is 5.97 Å². The summed E-state index contributed by atoms with van der Waals surface area (Å²) in [5.74, 6) is -0.496. The molecule has 0 saturated heterocycles. The number of fused-ring (bicyclic) bond motifs is 1. The smallest absolute Gasteiger partial charge is 0.335 e. The van der Waals surface area contributed by atoms with E-state index in [0.717, 1.165) is 10.8 Å². The van der Waals surface area contributed by atoms with Gasteiger partial charge in [0.15, 0.2) is 0 Å². The molecule has 4 heteroatoms. The fourth-order valence-electron chi connectivity index (χ4n) is 1.98. The summed E-state index contributed by atoms with van der Waals surface area (Å²) < 4.78 is 1.56. The fourth-order valence-corrected chi connectivity index (χ4v) is 1.98. The van der Waals surface area contributed by atoms with Crippen molar-refractivity contribution in [3.8, 4) is 5.75 Å². The van der Waals surface area contributed by atoms with Gasteiger partial charge in [-0.1, -0.05) is 24.3 Å². The van der Waals surface area contributed by atoms with Crippen molar-refractivity contribution in [1.82, 2.24) is 0 Å². The number of hydrogen-bond donors (Lipinski definition) is 1. The van der Waals surface area contributed by atoms with Gasteiger partial charge in [-0.05, 0) is 23.6 Å². The van der Waals surface area contributed by atoms with E-state index in [1.54, 1.807) is 23.1 Å². The van der Waals surface area contributed by atoms with Crippen LogP contribution in [0.5, 0.6) is 5.75 Å². The van der Waals surface area contributed by atoms with Crippen molar-refractivity contribution in [2.45, 2.75) is 0 Å². The van der Waals surface area contributed by atoms with Crippen molar-refractivity contribution >= 4 is 16.7 Å². The van der Waals surface area contributed by atoms with Gasteiger partial charge in [0.25, 0.3) is 0 Å². The van der Waals surface area contributed by atoms with Crippen LogP contribution in [0.1, 0.15) is 10.4 Å². The Kier molecular flexibility index (Phi) is 3.05. The third-order valence-electron chi connectivity index (χ3n) is 2.96. The quantitative estimate of drug-likeness (QED) is 0.741. The minimum atomic E-state index is -0.973. The Bertz CT molecular complexity index is 783. The topological polar surface area (TPSA) is 50.4 Å². The number of carboxylic acid groups (broad SMARTS) is 1. The lowest BCUT2D eigenvalue weighted by Crippen LogP contribution is -2.38. The SMILES string of the molecule is O=C(O)c1cccc(O[n+]2ccc3ccccc3c2)c1. The van der Waals surface area contributed by atoms with Crippen LogP contribution in [-0.2, 0) is 0 Å². The van der Waals surface area contributed by atoms with E-state index in [-0.39, 0.29) is 5.56 Å². The summed E-state index contributed by atoms with van der Waals surface area (Å²) in [6.45, 7) is 0. The molecule has 1 N–H and O–H groups in total. The molecule has 0 radical (unpaired) electrons. The third-order valence-corrected chi connectivity index (χ3v) is 2.96. The number of nitrogens with zero attached hydrogens (tertiary/aromatic N) is 1. The van der Waals surface area contributed by atoms with Crippen molar-refractivity contribution in [3.63, 3.8) is 0 Å². The molecule has 0 aliphatic rings. The van der Waals surface area contributed by atoms with Gasteiger partial charge in [-0.2, -0.15) is 0 Å². The molecule has 0 fully saturated rings. The van der Waals surface area contributed by atoms with Gasteiger partial charge in [-0.3, -0.25) is 0 Å². The molecule has 0 bridgehead atoms. The summed E-state index contributed by atoms with van der Waals surface area (Å²) in [7, 11) is 0. The zero-order chi connectivity index (χ0) is 13.9. The Hall–Kier alpha value is -2.88. The van der Waals surface area contributed by atoms with Crippen LogP contribution in [0, 0.1) is 0 Å². The molecular formula is C16H12NO3+. The Balaban J connectivity index is 1.92. The van der Waals surface area contributed by atoms with Crippen LogP contribution in [0.2, 0.25) is 0 Å². The molecule has 0 spiro atoms. The van der Waals surface area contributed by atoms with Crippen LogP contribution < -0.4 is 9.57 Å². The molecule has 0 aliphatic carbocycles. The minimum absolute atomic E-state index is 0.198. The zero-order valence-corrected chi connectivity index (χ0v) is 10.6. The lowest BCUT2D eigenvalue weighted by Gasteiger charge is -2.00. The first-order chi connectivity index (χ1) is 9.72. The number of benzene rings is 2.